The zero-order valence-corrected chi connectivity index (χ0v) is 19.2. The lowest BCUT2D eigenvalue weighted by molar-refractivity contribution is 0.200. The minimum absolute atomic E-state index is 0.180. The minimum atomic E-state index is -2.79. The van der Waals surface area contributed by atoms with Gasteiger partial charge in [0.1, 0.15) is 0 Å². The van der Waals surface area contributed by atoms with Crippen LogP contribution in [0.25, 0.3) is 0 Å². The van der Waals surface area contributed by atoms with E-state index < -0.39 is 19.7 Å². The number of hydrogen-bond donors (Lipinski definition) is 2. The van der Waals surface area contributed by atoms with E-state index in [1.165, 1.54) is 57.8 Å². The Morgan fingerprint density at radius 2 is 0.897 bits per heavy atom. The van der Waals surface area contributed by atoms with Gasteiger partial charge in [-0.2, -0.15) is 0 Å². The van der Waals surface area contributed by atoms with Crippen molar-refractivity contribution < 1.29 is 16.8 Å². The van der Waals surface area contributed by atoms with Crippen LogP contribution in [0.3, 0.4) is 0 Å². The molecule has 2 heterocycles. The third kappa shape index (κ3) is 6.40. The molecule has 2 saturated heterocycles. The van der Waals surface area contributed by atoms with E-state index in [9.17, 15) is 16.8 Å². The molecular weight excluding hydrogens is 408 g/mol. The first kappa shape index (κ1) is 22.0. The van der Waals surface area contributed by atoms with E-state index in [-0.39, 0.29) is 12.1 Å². The molecular formula is C21H38N2O4S2. The molecule has 4 fully saturated rings. The maximum Gasteiger partial charge on any atom is 0.151 e. The van der Waals surface area contributed by atoms with Gasteiger partial charge in [-0.05, 0) is 82.5 Å². The van der Waals surface area contributed by atoms with E-state index in [0.29, 0.717) is 35.1 Å². The predicted octanol–water partition coefficient (Wildman–Crippen LogP) is 2.05. The highest BCUT2D eigenvalue weighted by Gasteiger charge is 2.33. The Hall–Kier alpha value is -0.180. The predicted molar refractivity (Wildman–Crippen MR) is 116 cm³/mol. The lowest BCUT2D eigenvalue weighted by Crippen LogP contribution is -2.42. The van der Waals surface area contributed by atoms with Gasteiger partial charge in [0.15, 0.2) is 19.7 Å². The van der Waals surface area contributed by atoms with Crippen molar-refractivity contribution in [2.24, 2.45) is 11.8 Å². The summed E-state index contributed by atoms with van der Waals surface area (Å²) in [6, 6.07) is 1.37. The smallest absolute Gasteiger partial charge is 0.151 e. The van der Waals surface area contributed by atoms with Crippen molar-refractivity contribution in [2.75, 3.05) is 23.0 Å². The number of hydrogen-bond acceptors (Lipinski definition) is 6. The van der Waals surface area contributed by atoms with Gasteiger partial charge < -0.3 is 10.6 Å². The van der Waals surface area contributed by atoms with Gasteiger partial charge in [0.25, 0.3) is 0 Å². The Kier molecular flexibility index (Phi) is 6.93. The van der Waals surface area contributed by atoms with Crippen LogP contribution in [0.15, 0.2) is 0 Å². The molecule has 29 heavy (non-hydrogen) atoms. The Labute approximate surface area is 176 Å². The van der Waals surface area contributed by atoms with Crippen molar-refractivity contribution in [3.63, 3.8) is 0 Å². The lowest BCUT2D eigenvalue weighted by Gasteiger charge is -2.35. The molecule has 8 heteroatoms. The first-order valence-electron chi connectivity index (χ1n) is 11.7. The second-order valence-corrected chi connectivity index (χ2v) is 14.7. The van der Waals surface area contributed by atoms with Crippen LogP contribution < -0.4 is 10.6 Å². The van der Waals surface area contributed by atoms with Gasteiger partial charge in [0.05, 0.1) is 23.0 Å². The molecule has 0 amide bonds. The summed E-state index contributed by atoms with van der Waals surface area (Å²) >= 11 is 0. The summed E-state index contributed by atoms with van der Waals surface area (Å²) in [6.45, 7) is 0. The molecule has 2 saturated carbocycles. The van der Waals surface area contributed by atoms with E-state index >= 15 is 0 Å². The summed E-state index contributed by atoms with van der Waals surface area (Å²) in [5.41, 5.74) is 0. The summed E-state index contributed by atoms with van der Waals surface area (Å²) in [5, 5.41) is 7.23. The highest BCUT2D eigenvalue weighted by atomic mass is 32.2. The largest absolute Gasteiger partial charge is 0.310 e. The number of rotatable bonds is 6. The monoisotopic (exact) mass is 446 g/mol. The average Bonchev–Trinajstić information content (AvgIpc) is 3.19. The molecule has 2 aliphatic heterocycles. The summed E-state index contributed by atoms with van der Waals surface area (Å²) in [5.74, 6) is 3.03. The lowest BCUT2D eigenvalue weighted by atomic mass is 9.75. The van der Waals surface area contributed by atoms with Crippen molar-refractivity contribution >= 4 is 19.7 Å². The second-order valence-electron chi connectivity index (χ2n) is 10.2. The molecule has 2 N–H and O–H groups in total. The Morgan fingerprint density at radius 3 is 1.21 bits per heavy atom. The third-order valence-corrected chi connectivity index (χ3v) is 11.3. The molecule has 4 aliphatic rings. The highest BCUT2D eigenvalue weighted by Crippen LogP contribution is 2.36. The molecule has 0 aromatic heterocycles. The van der Waals surface area contributed by atoms with Crippen molar-refractivity contribution in [2.45, 2.75) is 94.8 Å². The molecule has 0 radical (unpaired) electrons. The Bertz CT molecular complexity index is 688. The molecule has 6 nitrogen and oxygen atoms in total. The van der Waals surface area contributed by atoms with Gasteiger partial charge >= 0.3 is 0 Å². The SMILES string of the molecule is O=S1(=O)CCC(NC2CCC(CC3CCC(NC4CCS(=O)(=O)C4)CC3)CC2)C1. The van der Waals surface area contributed by atoms with Crippen molar-refractivity contribution in [1.82, 2.24) is 10.6 Å². The van der Waals surface area contributed by atoms with E-state index in [2.05, 4.69) is 10.6 Å². The van der Waals surface area contributed by atoms with Crippen molar-refractivity contribution in [3.05, 3.63) is 0 Å². The Morgan fingerprint density at radius 1 is 0.517 bits per heavy atom. The summed E-state index contributed by atoms with van der Waals surface area (Å²) in [7, 11) is -5.58. The molecule has 2 aliphatic carbocycles. The van der Waals surface area contributed by atoms with Gasteiger partial charge in [0.2, 0.25) is 0 Å². The summed E-state index contributed by atoms with van der Waals surface area (Å²) in [6.07, 6.45) is 12.8. The zero-order valence-electron chi connectivity index (χ0n) is 17.5. The third-order valence-electron chi connectivity index (χ3n) is 7.77. The maximum atomic E-state index is 11.6. The van der Waals surface area contributed by atoms with Crippen LogP contribution in [0, 0.1) is 11.8 Å². The minimum Gasteiger partial charge on any atom is -0.310 e. The van der Waals surface area contributed by atoms with E-state index in [1.54, 1.807) is 0 Å². The second kappa shape index (κ2) is 9.13. The molecule has 4 rings (SSSR count). The molecule has 0 aromatic rings. The molecule has 168 valence electrons. The molecule has 2 unspecified atom stereocenters. The normalized spacial score (nSPS) is 42.1. The standard InChI is InChI=1S/C21H38N2O4S2/c24-28(25)11-9-20(14-28)22-18-5-1-16(2-6-18)13-17-3-7-19(8-4-17)23-21-10-12-29(26,27)15-21/h16-23H,1-15H2. The van der Waals surface area contributed by atoms with Gasteiger partial charge in [-0.25, -0.2) is 16.8 Å². The van der Waals surface area contributed by atoms with Crippen molar-refractivity contribution in [1.29, 1.82) is 0 Å². The topological polar surface area (TPSA) is 92.3 Å². The highest BCUT2D eigenvalue weighted by molar-refractivity contribution is 7.91. The fraction of sp³-hybridized carbons (Fsp3) is 1.00. The van der Waals surface area contributed by atoms with Gasteiger partial charge in [0, 0.05) is 24.2 Å². The molecule has 0 bridgehead atoms. The first-order valence-corrected chi connectivity index (χ1v) is 15.3. The van der Waals surface area contributed by atoms with Crippen LogP contribution >= 0.6 is 0 Å². The van der Waals surface area contributed by atoms with Gasteiger partial charge in [-0.1, -0.05) is 0 Å². The van der Waals surface area contributed by atoms with Gasteiger partial charge in [-0.15, -0.1) is 0 Å². The summed E-state index contributed by atoms with van der Waals surface area (Å²) in [4.78, 5) is 0. The molecule has 0 spiro atoms. The zero-order chi connectivity index (χ0) is 20.5. The van der Waals surface area contributed by atoms with Crippen LogP contribution in [0.1, 0.15) is 70.6 Å². The van der Waals surface area contributed by atoms with Crippen LogP contribution in [-0.2, 0) is 19.7 Å². The molecule has 2 atom stereocenters. The maximum absolute atomic E-state index is 11.6. The van der Waals surface area contributed by atoms with Crippen LogP contribution in [0.2, 0.25) is 0 Å². The fourth-order valence-electron chi connectivity index (χ4n) is 6.12. The van der Waals surface area contributed by atoms with Gasteiger partial charge in [-0.3, -0.25) is 0 Å². The number of nitrogens with one attached hydrogen (secondary N) is 2. The first-order chi connectivity index (χ1) is 13.8. The van der Waals surface area contributed by atoms with E-state index in [4.69, 9.17) is 0 Å². The summed E-state index contributed by atoms with van der Waals surface area (Å²) < 4.78 is 46.5. The average molecular weight is 447 g/mol. The fourth-order valence-corrected chi connectivity index (χ4v) is 9.49. The number of sulfone groups is 2. The van der Waals surface area contributed by atoms with E-state index in [0.717, 1.165) is 24.7 Å². The van der Waals surface area contributed by atoms with Crippen LogP contribution in [0.5, 0.6) is 0 Å². The van der Waals surface area contributed by atoms with Crippen LogP contribution in [-0.4, -0.2) is 64.0 Å². The Balaban J connectivity index is 1.11. The van der Waals surface area contributed by atoms with Crippen LogP contribution in [0.4, 0.5) is 0 Å². The van der Waals surface area contributed by atoms with E-state index in [1.807, 2.05) is 0 Å². The molecule has 0 aromatic carbocycles. The van der Waals surface area contributed by atoms with Crippen molar-refractivity contribution in [3.8, 4) is 0 Å². The quantitative estimate of drug-likeness (QED) is 0.649.